The van der Waals surface area contributed by atoms with Crippen molar-refractivity contribution in [3.05, 3.63) is 53.9 Å². The molecule has 2 N–H and O–H groups in total. The van der Waals surface area contributed by atoms with Crippen LogP contribution in [0.4, 0.5) is 10.5 Å². The molecule has 3 aromatic rings. The van der Waals surface area contributed by atoms with E-state index in [1.54, 1.807) is 56.1 Å². The summed E-state index contributed by atoms with van der Waals surface area (Å²) in [7, 11) is 3.12. The first-order chi connectivity index (χ1) is 14.0. The van der Waals surface area contributed by atoms with Crippen LogP contribution in [0.25, 0.3) is 5.52 Å². The van der Waals surface area contributed by atoms with E-state index < -0.39 is 5.97 Å². The number of aromatic nitrogens is 2. The fraction of sp³-hybridized carbons (Fsp3) is 0.250. The minimum Gasteiger partial charge on any atom is -0.493 e. The lowest BCUT2D eigenvalue weighted by molar-refractivity contribution is 0.0528. The van der Waals surface area contributed by atoms with Gasteiger partial charge in [0.1, 0.15) is 5.56 Å². The molecule has 0 spiro atoms. The molecule has 0 saturated carbocycles. The number of pyridine rings is 1. The molecule has 0 saturated heterocycles. The van der Waals surface area contributed by atoms with Crippen molar-refractivity contribution in [2.75, 3.05) is 26.1 Å². The van der Waals surface area contributed by atoms with E-state index in [0.29, 0.717) is 34.8 Å². The van der Waals surface area contributed by atoms with Crippen LogP contribution in [0.1, 0.15) is 22.8 Å². The molecule has 29 heavy (non-hydrogen) atoms. The highest BCUT2D eigenvalue weighted by Gasteiger charge is 2.14. The Kier molecular flexibility index (Phi) is 6.18. The third-order valence-electron chi connectivity index (χ3n) is 4.18. The van der Waals surface area contributed by atoms with Gasteiger partial charge in [-0.05, 0) is 36.8 Å². The number of fused-ring (bicyclic) bond motifs is 1. The third kappa shape index (κ3) is 4.57. The fourth-order valence-corrected chi connectivity index (χ4v) is 2.77. The number of nitrogens with one attached hydrogen (secondary N) is 2. The molecular formula is C20H22N4O5. The average molecular weight is 398 g/mol. The number of anilines is 1. The van der Waals surface area contributed by atoms with E-state index in [0.717, 1.165) is 5.56 Å². The van der Waals surface area contributed by atoms with Crippen molar-refractivity contribution in [1.29, 1.82) is 0 Å². The predicted molar refractivity (Wildman–Crippen MR) is 107 cm³/mol. The molecule has 0 aliphatic heterocycles. The Labute approximate surface area is 167 Å². The molecule has 0 radical (unpaired) electrons. The number of esters is 1. The lowest BCUT2D eigenvalue weighted by Crippen LogP contribution is -2.28. The summed E-state index contributed by atoms with van der Waals surface area (Å²) >= 11 is 0. The molecule has 2 aromatic heterocycles. The summed E-state index contributed by atoms with van der Waals surface area (Å²) in [6.45, 7) is 2.31. The predicted octanol–water partition coefficient (Wildman–Crippen LogP) is 2.85. The first kappa shape index (κ1) is 20.0. The molecule has 3 rings (SSSR count). The molecular weight excluding hydrogens is 376 g/mol. The normalized spacial score (nSPS) is 10.4. The van der Waals surface area contributed by atoms with Crippen LogP contribution in [-0.2, 0) is 11.3 Å². The van der Waals surface area contributed by atoms with E-state index >= 15 is 0 Å². The average Bonchev–Trinajstić information content (AvgIpc) is 3.15. The molecule has 0 aliphatic carbocycles. The van der Waals surface area contributed by atoms with E-state index in [9.17, 15) is 9.59 Å². The smallest absolute Gasteiger partial charge is 0.341 e. The second-order valence-electron chi connectivity index (χ2n) is 6.02. The summed E-state index contributed by atoms with van der Waals surface area (Å²) in [6.07, 6.45) is 3.09. The van der Waals surface area contributed by atoms with Crippen LogP contribution in [0.5, 0.6) is 11.5 Å². The summed E-state index contributed by atoms with van der Waals surface area (Å²) in [6, 6.07) is 8.37. The zero-order valence-electron chi connectivity index (χ0n) is 16.4. The summed E-state index contributed by atoms with van der Waals surface area (Å²) in [5.41, 5.74) is 2.25. The van der Waals surface area contributed by atoms with Gasteiger partial charge in [-0.15, -0.1) is 0 Å². The maximum absolute atomic E-state index is 12.3. The summed E-state index contributed by atoms with van der Waals surface area (Å²) in [5.74, 6) is 0.745. The Balaban J connectivity index is 1.67. The first-order valence-electron chi connectivity index (χ1n) is 8.96. The van der Waals surface area contributed by atoms with E-state index in [1.165, 1.54) is 6.20 Å². The van der Waals surface area contributed by atoms with E-state index in [2.05, 4.69) is 15.7 Å². The molecule has 2 amide bonds. The highest BCUT2D eigenvalue weighted by Crippen LogP contribution is 2.27. The van der Waals surface area contributed by atoms with Crippen molar-refractivity contribution in [3.63, 3.8) is 0 Å². The Morgan fingerprint density at radius 1 is 1.10 bits per heavy atom. The number of nitrogens with zero attached hydrogens (tertiary/aromatic N) is 2. The van der Waals surface area contributed by atoms with Gasteiger partial charge >= 0.3 is 12.0 Å². The maximum atomic E-state index is 12.3. The molecule has 0 unspecified atom stereocenters. The van der Waals surface area contributed by atoms with Gasteiger partial charge in [0.15, 0.2) is 11.5 Å². The van der Waals surface area contributed by atoms with E-state index in [-0.39, 0.29) is 12.6 Å². The van der Waals surface area contributed by atoms with Gasteiger partial charge in [-0.3, -0.25) is 0 Å². The van der Waals surface area contributed by atoms with Crippen LogP contribution in [0.2, 0.25) is 0 Å². The standard InChI is InChI=1S/C20H22N4O5/c1-4-29-19(25)15-12-22-24-8-7-14(10-16(15)24)23-20(26)21-11-13-5-6-17(27-2)18(9-13)28-3/h5-10,12H,4,11H2,1-3H3,(H2,21,23,26). The highest BCUT2D eigenvalue weighted by molar-refractivity contribution is 5.98. The van der Waals surface area contributed by atoms with Crippen LogP contribution < -0.4 is 20.1 Å². The second-order valence-corrected chi connectivity index (χ2v) is 6.02. The van der Waals surface area contributed by atoms with Crippen molar-refractivity contribution in [3.8, 4) is 11.5 Å². The molecule has 152 valence electrons. The van der Waals surface area contributed by atoms with Gasteiger partial charge in [-0.2, -0.15) is 5.10 Å². The van der Waals surface area contributed by atoms with Gasteiger partial charge in [0.2, 0.25) is 0 Å². The largest absolute Gasteiger partial charge is 0.493 e. The fourth-order valence-electron chi connectivity index (χ4n) is 2.77. The number of benzene rings is 1. The van der Waals surface area contributed by atoms with Crippen molar-refractivity contribution in [2.24, 2.45) is 0 Å². The molecule has 9 heteroatoms. The topological polar surface area (TPSA) is 103 Å². The van der Waals surface area contributed by atoms with Gasteiger partial charge in [-0.25, -0.2) is 14.1 Å². The number of methoxy groups -OCH3 is 2. The Bertz CT molecular complexity index is 1030. The minimum absolute atomic E-state index is 0.271. The number of urea groups is 1. The van der Waals surface area contributed by atoms with Gasteiger partial charge in [0.25, 0.3) is 0 Å². The Hall–Kier alpha value is -3.75. The van der Waals surface area contributed by atoms with Crippen molar-refractivity contribution < 1.29 is 23.8 Å². The van der Waals surface area contributed by atoms with Gasteiger partial charge in [-0.1, -0.05) is 6.07 Å². The van der Waals surface area contributed by atoms with Crippen molar-refractivity contribution in [1.82, 2.24) is 14.9 Å². The zero-order valence-corrected chi connectivity index (χ0v) is 16.4. The number of rotatable bonds is 7. The maximum Gasteiger partial charge on any atom is 0.341 e. The van der Waals surface area contributed by atoms with Crippen LogP contribution in [0.15, 0.2) is 42.7 Å². The van der Waals surface area contributed by atoms with Gasteiger partial charge in [0.05, 0.1) is 32.5 Å². The lowest BCUT2D eigenvalue weighted by atomic mass is 10.2. The molecule has 0 aliphatic rings. The van der Waals surface area contributed by atoms with Crippen molar-refractivity contribution in [2.45, 2.75) is 13.5 Å². The van der Waals surface area contributed by atoms with Crippen LogP contribution in [0, 0.1) is 0 Å². The number of ether oxygens (including phenoxy) is 3. The van der Waals surface area contributed by atoms with Crippen LogP contribution in [0.3, 0.4) is 0 Å². The quantitative estimate of drug-likeness (QED) is 0.593. The van der Waals surface area contributed by atoms with E-state index in [1.807, 2.05) is 6.07 Å². The second kappa shape index (κ2) is 8.96. The van der Waals surface area contributed by atoms with Crippen molar-refractivity contribution >= 4 is 23.2 Å². The van der Waals surface area contributed by atoms with Gasteiger partial charge < -0.3 is 24.8 Å². The molecule has 0 fully saturated rings. The Morgan fingerprint density at radius 3 is 2.62 bits per heavy atom. The molecule has 0 atom stereocenters. The summed E-state index contributed by atoms with van der Waals surface area (Å²) in [5, 5.41) is 9.63. The number of hydrogen-bond donors (Lipinski definition) is 2. The van der Waals surface area contributed by atoms with Crippen LogP contribution >= 0.6 is 0 Å². The number of amides is 2. The first-order valence-corrected chi connectivity index (χ1v) is 8.96. The Morgan fingerprint density at radius 2 is 1.90 bits per heavy atom. The molecule has 9 nitrogen and oxygen atoms in total. The molecule has 1 aromatic carbocycles. The third-order valence-corrected chi connectivity index (χ3v) is 4.18. The number of carbonyl (C=O) groups excluding carboxylic acids is 2. The molecule has 0 bridgehead atoms. The summed E-state index contributed by atoms with van der Waals surface area (Å²) < 4.78 is 17.0. The minimum atomic E-state index is -0.461. The highest BCUT2D eigenvalue weighted by atomic mass is 16.5. The lowest BCUT2D eigenvalue weighted by Gasteiger charge is -2.11. The monoisotopic (exact) mass is 398 g/mol. The summed E-state index contributed by atoms with van der Waals surface area (Å²) in [4.78, 5) is 24.3. The SMILES string of the molecule is CCOC(=O)c1cnn2ccc(NC(=O)NCc3ccc(OC)c(OC)c3)cc12. The van der Waals surface area contributed by atoms with Crippen LogP contribution in [-0.4, -0.2) is 42.4 Å². The number of carbonyl (C=O) groups is 2. The van der Waals surface area contributed by atoms with E-state index in [4.69, 9.17) is 14.2 Å². The molecule has 2 heterocycles. The number of hydrogen-bond acceptors (Lipinski definition) is 6. The zero-order chi connectivity index (χ0) is 20.8. The van der Waals surface area contributed by atoms with Gasteiger partial charge in [0, 0.05) is 18.4 Å².